The minimum atomic E-state index is -5.72. The Kier molecular flexibility index (Phi) is 7.10. The molecule has 0 aliphatic carbocycles. The minimum absolute atomic E-state index is 0.00473. The molecule has 18 nitrogen and oxygen atoms in total. The Morgan fingerprint density at radius 2 is 1.85 bits per heavy atom. The van der Waals surface area contributed by atoms with Crippen molar-refractivity contribution in [3.05, 3.63) is 0 Å². The van der Waals surface area contributed by atoms with Crippen LogP contribution in [0, 0.1) is 0 Å². The number of phosphoric ester groups is 1. The lowest BCUT2D eigenvalue weighted by atomic mass is 10.0. The molecule has 3 aliphatic heterocycles. The van der Waals surface area contributed by atoms with Gasteiger partial charge in [0.15, 0.2) is 18.1 Å². The van der Waals surface area contributed by atoms with Crippen molar-refractivity contribution in [1.29, 1.82) is 0 Å². The number of aliphatic imine (C=N–C) groups is 3. The van der Waals surface area contributed by atoms with Gasteiger partial charge in [0.25, 0.3) is 5.91 Å². The van der Waals surface area contributed by atoms with Crippen LogP contribution in [-0.2, 0) is 36.4 Å². The molecular weight excluding hydrogens is 539 g/mol. The topological polar surface area (TPSA) is 273 Å². The second kappa shape index (κ2) is 8.84. The Morgan fingerprint density at radius 1 is 1.21 bits per heavy atom. The quantitative estimate of drug-likeness (QED) is 0.145. The SMILES string of the molecule is C[C@@]1(Cl)[C@H](O)[C@@H](COP(=O)(O)OP(=O)(O)OP(=O)(O)O)O[C@H]1N1C=NC2C(=O)N=C(N)N=C21. The van der Waals surface area contributed by atoms with Gasteiger partial charge in [-0.3, -0.25) is 19.2 Å². The fourth-order valence-electron chi connectivity index (χ4n) is 3.02. The van der Waals surface area contributed by atoms with E-state index < -0.39 is 65.3 Å². The highest BCUT2D eigenvalue weighted by molar-refractivity contribution is 7.66. The third kappa shape index (κ3) is 5.94. The molecule has 0 bridgehead atoms. The molecule has 0 saturated carbocycles. The molecule has 3 heterocycles. The first-order chi connectivity index (χ1) is 14.9. The van der Waals surface area contributed by atoms with Crippen LogP contribution in [0.5, 0.6) is 0 Å². The number of aliphatic hydroxyl groups excluding tert-OH is 1. The summed E-state index contributed by atoms with van der Waals surface area (Å²) >= 11 is 6.40. The molecule has 1 amide bonds. The number of fused-ring (bicyclic) bond motifs is 1. The van der Waals surface area contributed by atoms with Crippen LogP contribution in [0.25, 0.3) is 0 Å². The first kappa shape index (κ1) is 26.5. The number of amides is 1. The Bertz CT molecular complexity index is 1070. The lowest BCUT2D eigenvalue weighted by Gasteiger charge is -2.32. The van der Waals surface area contributed by atoms with Crippen molar-refractivity contribution in [2.75, 3.05) is 6.61 Å². The zero-order valence-corrected chi connectivity index (χ0v) is 19.6. The van der Waals surface area contributed by atoms with Gasteiger partial charge in [0.1, 0.15) is 17.1 Å². The Balaban J connectivity index is 1.70. The van der Waals surface area contributed by atoms with Crippen molar-refractivity contribution in [1.82, 2.24) is 4.90 Å². The number of amidine groups is 1. The van der Waals surface area contributed by atoms with Crippen LogP contribution in [-0.4, -0.2) is 89.6 Å². The second-order valence-corrected chi connectivity index (χ2v) is 12.1. The van der Waals surface area contributed by atoms with Gasteiger partial charge in [-0.1, -0.05) is 0 Å². The number of alkyl halides is 1. The number of nitrogens with two attached hydrogens (primary N) is 1. The number of ether oxygens (including phenoxy) is 1. The van der Waals surface area contributed by atoms with Gasteiger partial charge in [0, 0.05) is 0 Å². The summed E-state index contributed by atoms with van der Waals surface area (Å²) in [4.78, 5) is 58.6. The van der Waals surface area contributed by atoms with Gasteiger partial charge in [-0.15, -0.1) is 11.6 Å². The van der Waals surface area contributed by atoms with Crippen LogP contribution in [0.4, 0.5) is 0 Å². The summed E-state index contributed by atoms with van der Waals surface area (Å²) in [5.41, 5.74) is 5.49. The summed E-state index contributed by atoms with van der Waals surface area (Å²) in [6.07, 6.45) is -3.14. The van der Waals surface area contributed by atoms with Gasteiger partial charge in [-0.2, -0.15) is 18.6 Å². The number of rotatable bonds is 8. The minimum Gasteiger partial charge on any atom is -0.388 e. The van der Waals surface area contributed by atoms with E-state index in [1.807, 2.05) is 0 Å². The number of nitrogens with zero attached hydrogens (tertiary/aromatic N) is 4. The fourth-order valence-corrected chi connectivity index (χ4v) is 6.34. The van der Waals surface area contributed by atoms with Crippen LogP contribution in [0.2, 0.25) is 0 Å². The first-order valence-corrected chi connectivity index (χ1v) is 13.4. The van der Waals surface area contributed by atoms with Crippen molar-refractivity contribution in [3.8, 4) is 0 Å². The Morgan fingerprint density at radius 3 is 2.45 bits per heavy atom. The number of carbonyl (C=O) groups excluding carboxylic acids is 1. The molecule has 3 rings (SSSR count). The molecule has 7 atom stereocenters. The number of halogens is 1. The number of carbonyl (C=O) groups is 1. The predicted octanol–water partition coefficient (Wildman–Crippen LogP) is -1.62. The van der Waals surface area contributed by atoms with Crippen molar-refractivity contribution >= 4 is 59.1 Å². The van der Waals surface area contributed by atoms with Crippen LogP contribution < -0.4 is 5.73 Å². The molecular formula is C11H17ClN5O13P3. The summed E-state index contributed by atoms with van der Waals surface area (Å²) in [7, 11) is -16.7. The maximum Gasteiger partial charge on any atom is 0.490 e. The lowest BCUT2D eigenvalue weighted by Crippen LogP contribution is -2.52. The van der Waals surface area contributed by atoms with Crippen LogP contribution in [0.1, 0.15) is 6.92 Å². The Hall–Kier alpha value is -1.10. The molecule has 3 aliphatic rings. The van der Waals surface area contributed by atoms with E-state index in [1.54, 1.807) is 0 Å². The summed E-state index contributed by atoms with van der Waals surface area (Å²) in [5, 5.41) is 10.5. The number of hydrogen-bond donors (Lipinski definition) is 6. The molecule has 22 heteroatoms. The highest BCUT2D eigenvalue weighted by Gasteiger charge is 2.57. The molecule has 0 aromatic rings. The van der Waals surface area contributed by atoms with Gasteiger partial charge < -0.3 is 35.2 Å². The largest absolute Gasteiger partial charge is 0.490 e. The van der Waals surface area contributed by atoms with E-state index in [4.69, 9.17) is 31.9 Å². The average molecular weight is 556 g/mol. The first-order valence-electron chi connectivity index (χ1n) is 8.51. The molecule has 0 spiro atoms. The molecule has 186 valence electrons. The Labute approximate surface area is 189 Å². The van der Waals surface area contributed by atoms with Gasteiger partial charge in [0.05, 0.1) is 12.9 Å². The zero-order valence-electron chi connectivity index (χ0n) is 16.2. The number of aliphatic hydroxyl groups is 1. The van der Waals surface area contributed by atoms with Crippen molar-refractivity contribution in [2.45, 2.75) is 36.3 Å². The molecule has 7 N–H and O–H groups in total. The summed E-state index contributed by atoms with van der Waals surface area (Å²) in [6.45, 7) is 0.381. The summed E-state index contributed by atoms with van der Waals surface area (Å²) in [6, 6.07) is -1.11. The van der Waals surface area contributed by atoms with Crippen molar-refractivity contribution in [2.24, 2.45) is 20.7 Å². The van der Waals surface area contributed by atoms with Gasteiger partial charge in [-0.05, 0) is 6.92 Å². The monoisotopic (exact) mass is 555 g/mol. The zero-order chi connectivity index (χ0) is 25.0. The molecule has 0 aromatic carbocycles. The molecule has 1 fully saturated rings. The van der Waals surface area contributed by atoms with E-state index >= 15 is 0 Å². The summed E-state index contributed by atoms with van der Waals surface area (Å²) < 4.78 is 51.2. The second-order valence-electron chi connectivity index (χ2n) is 6.86. The summed E-state index contributed by atoms with van der Waals surface area (Å²) in [5.74, 6) is -1.04. The normalized spacial score (nSPS) is 35.6. The highest BCUT2D eigenvalue weighted by Crippen LogP contribution is 2.66. The smallest absolute Gasteiger partial charge is 0.388 e. The van der Waals surface area contributed by atoms with Crippen LogP contribution >= 0.6 is 35.1 Å². The van der Waals surface area contributed by atoms with Crippen LogP contribution in [0.3, 0.4) is 0 Å². The van der Waals surface area contributed by atoms with E-state index in [0.29, 0.717) is 0 Å². The molecule has 0 radical (unpaired) electrons. The number of phosphoric acid groups is 3. The number of hydrogen-bond acceptors (Lipinski definition) is 13. The molecule has 33 heavy (non-hydrogen) atoms. The standard InChI is InChI=1S/C11H17ClN5O13P3/c1-11(12)6(18)4(2-27-32(23,24)30-33(25,26)29-31(20,21)22)28-9(11)17-3-14-5-7(17)15-10(13)16-8(5)19/h3-6,9,18H,2H2,1H3,(H,23,24)(H,25,26)(H2,13,16,19)(H2,20,21,22)/t4-,5?,6-,9-,11-/m1/s1. The van der Waals surface area contributed by atoms with E-state index in [1.165, 1.54) is 11.8 Å². The third-order valence-electron chi connectivity index (χ3n) is 4.32. The molecule has 0 aromatic heterocycles. The fraction of sp³-hybridized carbons (Fsp3) is 0.636. The maximum atomic E-state index is 11.9. The average Bonchev–Trinajstić information content (AvgIpc) is 3.10. The highest BCUT2D eigenvalue weighted by atomic mass is 35.5. The van der Waals surface area contributed by atoms with Crippen LogP contribution in [0.15, 0.2) is 15.0 Å². The van der Waals surface area contributed by atoms with Crippen molar-refractivity contribution in [3.63, 3.8) is 0 Å². The van der Waals surface area contributed by atoms with Gasteiger partial charge in [0.2, 0.25) is 5.96 Å². The van der Waals surface area contributed by atoms with E-state index in [0.717, 1.165) is 6.34 Å². The van der Waals surface area contributed by atoms with Gasteiger partial charge in [-0.25, -0.2) is 13.7 Å². The molecule has 3 unspecified atom stereocenters. The van der Waals surface area contributed by atoms with E-state index in [2.05, 4.69) is 28.1 Å². The number of guanidine groups is 1. The lowest BCUT2D eigenvalue weighted by molar-refractivity contribution is -0.117. The molecule has 1 saturated heterocycles. The van der Waals surface area contributed by atoms with Gasteiger partial charge >= 0.3 is 23.5 Å². The van der Waals surface area contributed by atoms with Crippen molar-refractivity contribution < 1.29 is 61.1 Å². The predicted molar refractivity (Wildman–Crippen MR) is 107 cm³/mol. The van der Waals surface area contributed by atoms with E-state index in [-0.39, 0.29) is 11.8 Å². The third-order valence-corrected chi connectivity index (χ3v) is 8.54. The van der Waals surface area contributed by atoms with E-state index in [9.17, 15) is 33.4 Å². The maximum absolute atomic E-state index is 11.9.